The number of likely N-dealkylation sites (N-methyl/N-ethyl adjacent to an activating group) is 1. The first-order chi connectivity index (χ1) is 16.8. The van der Waals surface area contributed by atoms with E-state index in [4.69, 9.17) is 38.1 Å². The molecule has 4 heterocycles. The highest BCUT2D eigenvalue weighted by atomic mass is 35.5. The normalized spacial score (nSPS) is 16.1. The number of nitrogen functional groups attached to an aromatic ring is 1. The van der Waals surface area contributed by atoms with Gasteiger partial charge in [-0.2, -0.15) is 0 Å². The molecule has 0 aliphatic carbocycles. The Labute approximate surface area is 217 Å². The largest absolute Gasteiger partial charge is 0.478 e. The van der Waals surface area contributed by atoms with Crippen LogP contribution in [0.2, 0.25) is 10.0 Å². The SMILES string of the molecule is C[C@@H](Oc1c(N)ncc2c(-c3csc(CN4CCN(C)CC4)c3)coc12)c1c(Cl)ccc(F)c1Cl. The molecule has 6 nitrogen and oxygen atoms in total. The summed E-state index contributed by atoms with van der Waals surface area (Å²) in [5.74, 6) is -0.142. The number of halogens is 3. The molecule has 0 spiro atoms. The first-order valence-electron chi connectivity index (χ1n) is 11.3. The first-order valence-corrected chi connectivity index (χ1v) is 12.9. The molecule has 1 fully saturated rings. The van der Waals surface area contributed by atoms with Crippen LogP contribution in [0.15, 0.2) is 40.5 Å². The molecule has 0 radical (unpaired) electrons. The molecule has 5 rings (SSSR count). The van der Waals surface area contributed by atoms with Gasteiger partial charge in [0.05, 0.1) is 16.7 Å². The zero-order valence-electron chi connectivity index (χ0n) is 19.4. The van der Waals surface area contributed by atoms with Gasteiger partial charge in [-0.3, -0.25) is 4.90 Å². The molecule has 0 amide bonds. The third-order valence-corrected chi connectivity index (χ3v) is 7.96. The maximum Gasteiger partial charge on any atom is 0.205 e. The van der Waals surface area contributed by atoms with Crippen molar-refractivity contribution in [2.45, 2.75) is 19.6 Å². The second kappa shape index (κ2) is 9.95. The van der Waals surface area contributed by atoms with Crippen molar-refractivity contribution >= 4 is 51.3 Å². The number of rotatable bonds is 6. The Morgan fingerprint density at radius 2 is 2.03 bits per heavy atom. The lowest BCUT2D eigenvalue weighted by atomic mass is 10.1. The van der Waals surface area contributed by atoms with Crippen molar-refractivity contribution in [3.8, 4) is 16.9 Å². The van der Waals surface area contributed by atoms with E-state index in [-0.39, 0.29) is 16.6 Å². The smallest absolute Gasteiger partial charge is 0.205 e. The van der Waals surface area contributed by atoms with E-state index in [0.29, 0.717) is 16.2 Å². The highest BCUT2D eigenvalue weighted by molar-refractivity contribution is 7.10. The van der Waals surface area contributed by atoms with Gasteiger partial charge in [-0.1, -0.05) is 23.2 Å². The summed E-state index contributed by atoms with van der Waals surface area (Å²) in [6.07, 6.45) is 2.68. The maximum absolute atomic E-state index is 14.0. The number of piperazine rings is 1. The maximum atomic E-state index is 14.0. The van der Waals surface area contributed by atoms with Crippen LogP contribution in [0.5, 0.6) is 5.75 Å². The van der Waals surface area contributed by atoms with E-state index >= 15 is 0 Å². The van der Waals surface area contributed by atoms with Crippen LogP contribution in [-0.4, -0.2) is 48.0 Å². The van der Waals surface area contributed by atoms with Crippen LogP contribution >= 0.6 is 34.5 Å². The number of aromatic nitrogens is 1. The summed E-state index contributed by atoms with van der Waals surface area (Å²) < 4.78 is 26.1. The lowest BCUT2D eigenvalue weighted by molar-refractivity contribution is 0.149. The molecule has 10 heteroatoms. The summed E-state index contributed by atoms with van der Waals surface area (Å²) in [4.78, 5) is 10.4. The summed E-state index contributed by atoms with van der Waals surface area (Å²) in [6, 6.07) is 4.86. The molecule has 0 saturated carbocycles. The van der Waals surface area contributed by atoms with E-state index in [1.54, 1.807) is 30.7 Å². The quantitative estimate of drug-likeness (QED) is 0.286. The molecule has 35 heavy (non-hydrogen) atoms. The highest BCUT2D eigenvalue weighted by Crippen LogP contribution is 2.42. The number of benzene rings is 1. The van der Waals surface area contributed by atoms with Crippen molar-refractivity contribution in [1.82, 2.24) is 14.8 Å². The molecule has 184 valence electrons. The van der Waals surface area contributed by atoms with Crippen LogP contribution in [0.1, 0.15) is 23.5 Å². The fourth-order valence-corrected chi connectivity index (χ4v) is 5.90. The molecule has 1 saturated heterocycles. The number of ether oxygens (including phenoxy) is 1. The lowest BCUT2D eigenvalue weighted by Gasteiger charge is -2.31. The van der Waals surface area contributed by atoms with E-state index in [0.717, 1.165) is 49.2 Å². The minimum absolute atomic E-state index is 0.0880. The Balaban J connectivity index is 1.42. The average Bonchev–Trinajstić information content (AvgIpc) is 3.47. The molecule has 1 atom stereocenters. The molecule has 2 N–H and O–H groups in total. The van der Waals surface area contributed by atoms with Crippen molar-refractivity contribution in [3.63, 3.8) is 0 Å². The number of pyridine rings is 1. The molecular formula is C25H25Cl2FN4O2S. The molecule has 4 aromatic rings. The van der Waals surface area contributed by atoms with E-state index in [2.05, 4.69) is 33.3 Å². The monoisotopic (exact) mass is 534 g/mol. The standard InChI is InChI=1S/C25H25Cl2FN4O2S/c1-14(21-19(26)3-4-20(28)22(21)27)34-24-23-17(10-30-25(24)29)18(12-33-23)15-9-16(35-13-15)11-32-7-5-31(2)6-8-32/h3-4,9-10,12-14H,5-8,11H2,1-2H3,(H2,29,30)/t14-/m1/s1. The lowest BCUT2D eigenvalue weighted by Crippen LogP contribution is -2.43. The van der Waals surface area contributed by atoms with Gasteiger partial charge in [0.25, 0.3) is 0 Å². The number of fused-ring (bicyclic) bond motifs is 1. The zero-order valence-corrected chi connectivity index (χ0v) is 21.7. The Morgan fingerprint density at radius 1 is 1.26 bits per heavy atom. The Morgan fingerprint density at radius 3 is 2.80 bits per heavy atom. The van der Waals surface area contributed by atoms with Crippen LogP contribution in [0, 0.1) is 5.82 Å². The van der Waals surface area contributed by atoms with Gasteiger partial charge in [-0.25, -0.2) is 9.37 Å². The van der Waals surface area contributed by atoms with Gasteiger partial charge in [-0.15, -0.1) is 11.3 Å². The first kappa shape index (κ1) is 24.3. The zero-order chi connectivity index (χ0) is 24.7. The van der Waals surface area contributed by atoms with Gasteiger partial charge in [0.1, 0.15) is 11.9 Å². The number of hydrogen-bond acceptors (Lipinski definition) is 7. The topological polar surface area (TPSA) is 67.8 Å². The molecule has 0 unspecified atom stereocenters. The summed E-state index contributed by atoms with van der Waals surface area (Å²) in [6.45, 7) is 6.97. The molecule has 3 aromatic heterocycles. The summed E-state index contributed by atoms with van der Waals surface area (Å²) in [5, 5.41) is 3.12. The van der Waals surface area contributed by atoms with E-state index in [9.17, 15) is 4.39 Å². The summed E-state index contributed by atoms with van der Waals surface area (Å²) >= 11 is 14.2. The Kier molecular flexibility index (Phi) is 6.92. The fourth-order valence-electron chi connectivity index (χ4n) is 4.30. The number of furan rings is 1. The third-order valence-electron chi connectivity index (χ3n) is 6.32. The fraction of sp³-hybridized carbons (Fsp3) is 0.320. The summed E-state index contributed by atoms with van der Waals surface area (Å²) in [7, 11) is 2.16. The van der Waals surface area contributed by atoms with E-state index in [1.807, 2.05) is 0 Å². The highest BCUT2D eigenvalue weighted by Gasteiger charge is 2.23. The number of hydrogen-bond donors (Lipinski definition) is 1. The predicted molar refractivity (Wildman–Crippen MR) is 140 cm³/mol. The minimum Gasteiger partial charge on any atom is -0.478 e. The number of nitrogens with zero attached hydrogens (tertiary/aromatic N) is 3. The molecule has 1 aliphatic heterocycles. The van der Waals surface area contributed by atoms with Gasteiger partial charge in [0.15, 0.2) is 11.4 Å². The van der Waals surface area contributed by atoms with Gasteiger partial charge >= 0.3 is 0 Å². The number of anilines is 1. The second-order valence-corrected chi connectivity index (χ2v) is 10.5. The predicted octanol–water partition coefficient (Wildman–Crippen LogP) is 6.47. The molecule has 1 aliphatic rings. The van der Waals surface area contributed by atoms with Crippen molar-refractivity contribution in [2.75, 3.05) is 39.0 Å². The van der Waals surface area contributed by atoms with E-state index in [1.165, 1.54) is 17.0 Å². The van der Waals surface area contributed by atoms with Gasteiger partial charge in [0.2, 0.25) is 5.75 Å². The summed E-state index contributed by atoms with van der Waals surface area (Å²) in [5.41, 5.74) is 8.91. The Hall–Kier alpha value is -2.36. The van der Waals surface area contributed by atoms with Gasteiger partial charge in [-0.05, 0) is 43.1 Å². The van der Waals surface area contributed by atoms with E-state index < -0.39 is 11.9 Å². The van der Waals surface area contributed by atoms with Crippen molar-refractivity contribution in [3.05, 3.63) is 62.3 Å². The van der Waals surface area contributed by atoms with Gasteiger partial charge < -0.3 is 19.8 Å². The Bertz CT molecular complexity index is 1370. The number of thiophene rings is 1. The van der Waals surface area contributed by atoms with Crippen molar-refractivity contribution in [1.29, 1.82) is 0 Å². The number of nitrogens with two attached hydrogens (primary N) is 1. The van der Waals surface area contributed by atoms with Crippen molar-refractivity contribution in [2.24, 2.45) is 0 Å². The molecule has 1 aromatic carbocycles. The second-order valence-electron chi connectivity index (χ2n) is 8.76. The van der Waals surface area contributed by atoms with Crippen molar-refractivity contribution < 1.29 is 13.5 Å². The van der Waals surface area contributed by atoms with Crippen LogP contribution in [0.4, 0.5) is 10.2 Å². The third kappa shape index (κ3) is 4.86. The van der Waals surface area contributed by atoms with Crippen LogP contribution in [-0.2, 0) is 6.54 Å². The van der Waals surface area contributed by atoms with Gasteiger partial charge in [0, 0.05) is 59.9 Å². The van der Waals surface area contributed by atoms with Crippen LogP contribution < -0.4 is 10.5 Å². The molecular weight excluding hydrogens is 510 g/mol. The minimum atomic E-state index is -0.690. The van der Waals surface area contributed by atoms with Crippen LogP contribution in [0.3, 0.4) is 0 Å². The molecule has 0 bridgehead atoms. The van der Waals surface area contributed by atoms with Crippen LogP contribution in [0.25, 0.3) is 22.1 Å². The average molecular weight is 535 g/mol.